The molecular weight excluding hydrogens is 364 g/mol. The molecule has 0 aliphatic heterocycles. The Balaban J connectivity index is 1.44. The van der Waals surface area contributed by atoms with Crippen LogP contribution in [0.3, 0.4) is 0 Å². The van der Waals surface area contributed by atoms with E-state index in [1.54, 1.807) is 6.08 Å². The summed E-state index contributed by atoms with van der Waals surface area (Å²) in [6.45, 7) is 6.00. The van der Waals surface area contributed by atoms with Crippen molar-refractivity contribution in [1.29, 1.82) is 0 Å². The van der Waals surface area contributed by atoms with Crippen molar-refractivity contribution in [3.05, 3.63) is 12.7 Å². The van der Waals surface area contributed by atoms with Crippen LogP contribution in [-0.4, -0.2) is 22.7 Å². The van der Waals surface area contributed by atoms with Gasteiger partial charge in [0.2, 0.25) is 0 Å². The van der Waals surface area contributed by atoms with E-state index in [9.17, 15) is 5.26 Å². The van der Waals surface area contributed by atoms with Crippen molar-refractivity contribution in [3.8, 4) is 0 Å². The topological polar surface area (TPSA) is 58.9 Å². The first-order chi connectivity index (χ1) is 14.2. The standard InChI is InChI=1S/C25H44O4/c1-3-5-18-6-8-19(9-7-18)20-10-11-22-17-23(13-12-21(22)16-20)25(29-27)15-14-24(4-2)28-26/h4,18-27H,2-3,5-17H2,1H3. The normalized spacial score (nSPS) is 37.5. The fraction of sp³-hybridized carbons (Fsp3) is 0.920. The summed E-state index contributed by atoms with van der Waals surface area (Å²) in [5, 5.41) is 18.4. The molecule has 0 aromatic carbocycles. The highest BCUT2D eigenvalue weighted by Gasteiger charge is 2.40. The molecule has 3 saturated carbocycles. The molecule has 2 N–H and O–H groups in total. The predicted molar refractivity (Wildman–Crippen MR) is 116 cm³/mol. The van der Waals surface area contributed by atoms with Crippen molar-refractivity contribution < 1.29 is 20.3 Å². The first-order valence-corrected chi connectivity index (χ1v) is 12.4. The van der Waals surface area contributed by atoms with E-state index in [4.69, 9.17) is 10.1 Å². The zero-order chi connectivity index (χ0) is 20.6. The van der Waals surface area contributed by atoms with Gasteiger partial charge in [0.25, 0.3) is 0 Å². The quantitative estimate of drug-likeness (QED) is 0.230. The lowest BCUT2D eigenvalue weighted by Crippen LogP contribution is -2.38. The van der Waals surface area contributed by atoms with Crippen molar-refractivity contribution in [2.24, 2.45) is 35.5 Å². The summed E-state index contributed by atoms with van der Waals surface area (Å²) in [5.41, 5.74) is 0. The second kappa shape index (κ2) is 11.8. The number of hydrogen-bond acceptors (Lipinski definition) is 4. The molecule has 3 aliphatic rings. The maximum absolute atomic E-state index is 9.48. The highest BCUT2D eigenvalue weighted by atomic mass is 17.1. The molecular formula is C25H44O4. The maximum Gasteiger partial charge on any atom is 0.111 e. The van der Waals surface area contributed by atoms with Crippen LogP contribution in [0.15, 0.2) is 12.7 Å². The number of fused-ring (bicyclic) bond motifs is 1. The Morgan fingerprint density at radius 3 is 2.07 bits per heavy atom. The Labute approximate surface area is 177 Å². The van der Waals surface area contributed by atoms with Crippen LogP contribution >= 0.6 is 0 Å². The molecule has 6 atom stereocenters. The minimum atomic E-state index is -0.383. The Morgan fingerprint density at radius 2 is 1.45 bits per heavy atom. The zero-order valence-electron chi connectivity index (χ0n) is 18.5. The monoisotopic (exact) mass is 408 g/mol. The third-order valence-corrected chi connectivity index (χ3v) is 8.74. The molecule has 0 spiro atoms. The van der Waals surface area contributed by atoms with E-state index in [0.29, 0.717) is 18.8 Å². The maximum atomic E-state index is 9.48. The van der Waals surface area contributed by atoms with Gasteiger partial charge >= 0.3 is 0 Å². The van der Waals surface area contributed by atoms with Crippen molar-refractivity contribution >= 4 is 0 Å². The molecule has 0 radical (unpaired) electrons. The van der Waals surface area contributed by atoms with Crippen molar-refractivity contribution in [3.63, 3.8) is 0 Å². The minimum Gasteiger partial charge on any atom is -0.252 e. The summed E-state index contributed by atoms with van der Waals surface area (Å²) in [4.78, 5) is 9.29. The fourth-order valence-corrected chi connectivity index (χ4v) is 7.00. The second-order valence-electron chi connectivity index (χ2n) is 10.3. The number of hydrogen-bond donors (Lipinski definition) is 2. The van der Waals surface area contributed by atoms with Crippen LogP contribution in [0.5, 0.6) is 0 Å². The summed E-state index contributed by atoms with van der Waals surface area (Å²) < 4.78 is 0. The van der Waals surface area contributed by atoms with Gasteiger partial charge in [0.05, 0.1) is 6.10 Å². The third kappa shape index (κ3) is 6.29. The van der Waals surface area contributed by atoms with Gasteiger partial charge in [-0.1, -0.05) is 38.7 Å². The van der Waals surface area contributed by atoms with E-state index >= 15 is 0 Å². The van der Waals surface area contributed by atoms with Gasteiger partial charge < -0.3 is 0 Å². The van der Waals surface area contributed by atoms with E-state index in [2.05, 4.69) is 18.4 Å². The van der Waals surface area contributed by atoms with Crippen molar-refractivity contribution in [2.45, 2.75) is 109 Å². The molecule has 6 unspecified atom stereocenters. The molecule has 0 bridgehead atoms. The van der Waals surface area contributed by atoms with Crippen LogP contribution in [-0.2, 0) is 9.78 Å². The van der Waals surface area contributed by atoms with Crippen LogP contribution in [0, 0.1) is 35.5 Å². The molecule has 29 heavy (non-hydrogen) atoms. The first-order valence-electron chi connectivity index (χ1n) is 12.4. The molecule has 4 heteroatoms. The third-order valence-electron chi connectivity index (χ3n) is 8.74. The molecule has 0 amide bonds. The van der Waals surface area contributed by atoms with E-state index in [-0.39, 0.29) is 12.2 Å². The lowest BCUT2D eigenvalue weighted by Gasteiger charge is -2.46. The van der Waals surface area contributed by atoms with E-state index in [1.165, 1.54) is 70.6 Å². The van der Waals surface area contributed by atoms with Gasteiger partial charge in [-0.05, 0) is 99.7 Å². The van der Waals surface area contributed by atoms with Crippen LogP contribution < -0.4 is 0 Å². The summed E-state index contributed by atoms with van der Waals surface area (Å²) in [6.07, 6.45) is 18.9. The molecule has 0 aromatic rings. The fourth-order valence-electron chi connectivity index (χ4n) is 7.00. The largest absolute Gasteiger partial charge is 0.252 e. The van der Waals surface area contributed by atoms with Gasteiger partial charge in [0, 0.05) is 0 Å². The molecule has 168 valence electrons. The Kier molecular flexibility index (Phi) is 9.49. The highest BCUT2D eigenvalue weighted by molar-refractivity contribution is 4.91. The summed E-state index contributed by atoms with van der Waals surface area (Å²) in [7, 11) is 0. The molecule has 0 heterocycles. The summed E-state index contributed by atoms with van der Waals surface area (Å²) >= 11 is 0. The zero-order valence-corrected chi connectivity index (χ0v) is 18.5. The molecule has 4 nitrogen and oxygen atoms in total. The lowest BCUT2D eigenvalue weighted by molar-refractivity contribution is -0.301. The van der Waals surface area contributed by atoms with Crippen molar-refractivity contribution in [2.75, 3.05) is 0 Å². The molecule has 0 saturated heterocycles. The molecule has 3 aliphatic carbocycles. The molecule has 3 rings (SSSR count). The van der Waals surface area contributed by atoms with E-state index < -0.39 is 0 Å². The summed E-state index contributed by atoms with van der Waals surface area (Å²) in [5.74, 6) is 5.09. The van der Waals surface area contributed by atoms with Gasteiger partial charge in [-0.3, -0.25) is 10.5 Å². The predicted octanol–water partition coefficient (Wildman–Crippen LogP) is 7.11. The highest BCUT2D eigenvalue weighted by Crippen LogP contribution is 2.50. The van der Waals surface area contributed by atoms with E-state index in [1.807, 2.05) is 0 Å². The van der Waals surface area contributed by atoms with Crippen LogP contribution in [0.25, 0.3) is 0 Å². The van der Waals surface area contributed by atoms with Gasteiger partial charge in [0.15, 0.2) is 0 Å². The van der Waals surface area contributed by atoms with Crippen molar-refractivity contribution in [1.82, 2.24) is 0 Å². The van der Waals surface area contributed by atoms with Crippen LogP contribution in [0.2, 0.25) is 0 Å². The average Bonchev–Trinajstić information content (AvgIpc) is 2.77. The smallest absolute Gasteiger partial charge is 0.111 e. The Hall–Kier alpha value is -0.420. The van der Waals surface area contributed by atoms with Gasteiger partial charge in [-0.2, -0.15) is 0 Å². The van der Waals surface area contributed by atoms with Crippen LogP contribution in [0.4, 0.5) is 0 Å². The second-order valence-corrected chi connectivity index (χ2v) is 10.3. The first kappa shape index (κ1) is 23.2. The SMILES string of the molecule is C=CC(CCC(OO)C1CCC2CC(C3CCC(CCC)CC3)CCC2C1)OO. The Morgan fingerprint density at radius 1 is 0.828 bits per heavy atom. The van der Waals surface area contributed by atoms with Gasteiger partial charge in [0.1, 0.15) is 6.10 Å². The molecule has 0 aromatic heterocycles. The molecule has 3 fully saturated rings. The average molecular weight is 409 g/mol. The number of rotatable bonds is 10. The van der Waals surface area contributed by atoms with Crippen LogP contribution in [0.1, 0.15) is 96.8 Å². The lowest BCUT2D eigenvalue weighted by atomic mass is 9.60. The van der Waals surface area contributed by atoms with Gasteiger partial charge in [-0.15, -0.1) is 6.58 Å². The van der Waals surface area contributed by atoms with Gasteiger partial charge in [-0.25, -0.2) is 9.78 Å². The Bertz CT molecular complexity index is 473. The summed E-state index contributed by atoms with van der Waals surface area (Å²) in [6, 6.07) is 0. The minimum absolute atomic E-state index is 0.153. The van der Waals surface area contributed by atoms with E-state index in [0.717, 1.165) is 36.0 Å².